The van der Waals surface area contributed by atoms with E-state index in [1.807, 2.05) is 0 Å². The van der Waals surface area contributed by atoms with Crippen LogP contribution in [0.25, 0.3) is 0 Å². The summed E-state index contributed by atoms with van der Waals surface area (Å²) < 4.78 is 0. The van der Waals surface area contributed by atoms with E-state index < -0.39 is 0 Å². The molecule has 0 amide bonds. The molecule has 2 heteroatoms. The molecule has 0 aromatic heterocycles. The Bertz CT molecular complexity index is 430. The molecule has 0 bridgehead atoms. The maximum absolute atomic E-state index is 3.94. The molecule has 0 radical (unpaired) electrons. The van der Waals surface area contributed by atoms with E-state index in [0.29, 0.717) is 6.04 Å². The fraction of sp³-hybridized carbons (Fsp3) is 0.684. The van der Waals surface area contributed by atoms with Gasteiger partial charge in [-0.2, -0.15) is 0 Å². The van der Waals surface area contributed by atoms with Crippen LogP contribution in [0, 0.1) is 11.8 Å². The Kier molecular flexibility index (Phi) is 4.97. The first kappa shape index (κ1) is 15.1. The van der Waals surface area contributed by atoms with Crippen molar-refractivity contribution < 1.29 is 0 Å². The average Bonchev–Trinajstić information content (AvgIpc) is 2.91. The quantitative estimate of drug-likeness (QED) is 0.908. The summed E-state index contributed by atoms with van der Waals surface area (Å²) in [5.41, 5.74) is 1.44. The van der Waals surface area contributed by atoms with Crippen LogP contribution in [0.3, 0.4) is 0 Å². The van der Waals surface area contributed by atoms with Crippen LogP contribution in [0.4, 0.5) is 0 Å². The average molecular weight is 286 g/mol. The Labute approximate surface area is 129 Å². The summed E-state index contributed by atoms with van der Waals surface area (Å²) in [6, 6.07) is 12.3. The standard InChI is InChI=1S/C19H30N2/c1-15-8-9-18(12-16(15)2)20-19-10-11-21(14-19)13-17-6-4-3-5-7-17/h3-7,15-16,18-20H,8-14H2,1-2H3. The molecule has 2 fully saturated rings. The number of likely N-dealkylation sites (tertiary alicyclic amines) is 1. The molecule has 1 heterocycles. The van der Waals surface area contributed by atoms with Crippen molar-refractivity contribution in [2.24, 2.45) is 11.8 Å². The van der Waals surface area contributed by atoms with Gasteiger partial charge in [-0.05, 0) is 43.1 Å². The molecular weight excluding hydrogens is 256 g/mol. The first-order valence-corrected chi connectivity index (χ1v) is 8.73. The Morgan fingerprint density at radius 1 is 1.00 bits per heavy atom. The molecule has 1 aromatic rings. The van der Waals surface area contributed by atoms with Crippen LogP contribution in [0.2, 0.25) is 0 Å². The lowest BCUT2D eigenvalue weighted by molar-refractivity contribution is 0.213. The van der Waals surface area contributed by atoms with Gasteiger partial charge in [0.25, 0.3) is 0 Å². The summed E-state index contributed by atoms with van der Waals surface area (Å²) in [4.78, 5) is 2.60. The van der Waals surface area contributed by atoms with Gasteiger partial charge in [-0.25, -0.2) is 0 Å². The predicted octanol–water partition coefficient (Wildman–Crippen LogP) is 3.68. The number of nitrogens with zero attached hydrogens (tertiary/aromatic N) is 1. The van der Waals surface area contributed by atoms with Gasteiger partial charge in [0.15, 0.2) is 0 Å². The van der Waals surface area contributed by atoms with Gasteiger partial charge in [-0.3, -0.25) is 4.90 Å². The third-order valence-corrected chi connectivity index (χ3v) is 5.59. The highest BCUT2D eigenvalue weighted by molar-refractivity contribution is 5.14. The highest BCUT2D eigenvalue weighted by atomic mass is 15.2. The molecule has 1 N–H and O–H groups in total. The van der Waals surface area contributed by atoms with Crippen molar-refractivity contribution in [1.82, 2.24) is 10.2 Å². The van der Waals surface area contributed by atoms with E-state index in [2.05, 4.69) is 54.4 Å². The molecule has 1 aromatic carbocycles. The number of rotatable bonds is 4. The minimum absolute atomic E-state index is 0.708. The lowest BCUT2D eigenvalue weighted by Crippen LogP contribution is -2.43. The molecule has 1 aliphatic carbocycles. The van der Waals surface area contributed by atoms with Crippen LogP contribution in [0.15, 0.2) is 30.3 Å². The Morgan fingerprint density at radius 2 is 1.81 bits per heavy atom. The van der Waals surface area contributed by atoms with E-state index in [1.165, 1.54) is 44.3 Å². The Morgan fingerprint density at radius 3 is 2.57 bits per heavy atom. The molecule has 3 rings (SSSR count). The largest absolute Gasteiger partial charge is 0.310 e. The monoisotopic (exact) mass is 286 g/mol. The molecule has 4 unspecified atom stereocenters. The third-order valence-electron chi connectivity index (χ3n) is 5.59. The zero-order chi connectivity index (χ0) is 14.7. The van der Waals surface area contributed by atoms with Gasteiger partial charge < -0.3 is 5.32 Å². The van der Waals surface area contributed by atoms with E-state index in [9.17, 15) is 0 Å². The van der Waals surface area contributed by atoms with E-state index in [0.717, 1.165) is 24.4 Å². The van der Waals surface area contributed by atoms with E-state index in [4.69, 9.17) is 0 Å². The van der Waals surface area contributed by atoms with Gasteiger partial charge >= 0.3 is 0 Å². The summed E-state index contributed by atoms with van der Waals surface area (Å²) in [6.07, 6.45) is 5.46. The highest BCUT2D eigenvalue weighted by Gasteiger charge is 2.29. The maximum Gasteiger partial charge on any atom is 0.0234 e. The summed E-state index contributed by atoms with van der Waals surface area (Å²) in [5.74, 6) is 1.80. The van der Waals surface area contributed by atoms with Crippen LogP contribution >= 0.6 is 0 Å². The Balaban J connectivity index is 1.44. The molecule has 1 saturated carbocycles. The van der Waals surface area contributed by atoms with Gasteiger partial charge in [-0.1, -0.05) is 44.2 Å². The fourth-order valence-corrected chi connectivity index (χ4v) is 3.99. The van der Waals surface area contributed by atoms with Gasteiger partial charge in [0, 0.05) is 31.7 Å². The Hall–Kier alpha value is -0.860. The lowest BCUT2D eigenvalue weighted by Gasteiger charge is -2.34. The van der Waals surface area contributed by atoms with Gasteiger partial charge in [-0.15, -0.1) is 0 Å². The second-order valence-corrected chi connectivity index (χ2v) is 7.34. The summed E-state index contributed by atoms with van der Waals surface area (Å²) in [6.45, 7) is 8.41. The molecule has 0 spiro atoms. The van der Waals surface area contributed by atoms with Gasteiger partial charge in [0.05, 0.1) is 0 Å². The van der Waals surface area contributed by atoms with Crippen LogP contribution in [0.1, 0.15) is 45.1 Å². The molecule has 2 nitrogen and oxygen atoms in total. The summed E-state index contributed by atoms with van der Waals surface area (Å²) in [5, 5.41) is 3.94. The number of hydrogen-bond acceptors (Lipinski definition) is 2. The number of benzene rings is 1. The fourth-order valence-electron chi connectivity index (χ4n) is 3.99. The maximum atomic E-state index is 3.94. The molecule has 2 aliphatic rings. The van der Waals surface area contributed by atoms with E-state index in [-0.39, 0.29) is 0 Å². The normalized spacial score (nSPS) is 34.2. The van der Waals surface area contributed by atoms with Crippen molar-refractivity contribution in [1.29, 1.82) is 0 Å². The zero-order valence-electron chi connectivity index (χ0n) is 13.6. The van der Waals surface area contributed by atoms with Crippen LogP contribution in [-0.4, -0.2) is 30.1 Å². The van der Waals surface area contributed by atoms with E-state index in [1.54, 1.807) is 0 Å². The molecule has 1 saturated heterocycles. The SMILES string of the molecule is CC1CCC(NC2CCN(Cc3ccccc3)C2)CC1C. The molecular formula is C19H30N2. The molecule has 4 atom stereocenters. The zero-order valence-corrected chi connectivity index (χ0v) is 13.6. The van der Waals surface area contributed by atoms with E-state index >= 15 is 0 Å². The van der Waals surface area contributed by atoms with Gasteiger partial charge in [0.2, 0.25) is 0 Å². The van der Waals surface area contributed by atoms with Crippen LogP contribution in [0.5, 0.6) is 0 Å². The molecule has 116 valence electrons. The first-order valence-electron chi connectivity index (χ1n) is 8.73. The lowest BCUT2D eigenvalue weighted by atomic mass is 9.79. The van der Waals surface area contributed by atoms with Crippen molar-refractivity contribution in [2.75, 3.05) is 13.1 Å². The minimum atomic E-state index is 0.708. The molecule has 1 aliphatic heterocycles. The third kappa shape index (κ3) is 4.08. The topological polar surface area (TPSA) is 15.3 Å². The highest BCUT2D eigenvalue weighted by Crippen LogP contribution is 2.30. The number of nitrogens with one attached hydrogen (secondary N) is 1. The van der Waals surface area contributed by atoms with Crippen LogP contribution < -0.4 is 5.32 Å². The number of hydrogen-bond donors (Lipinski definition) is 1. The smallest absolute Gasteiger partial charge is 0.0234 e. The predicted molar refractivity (Wildman–Crippen MR) is 89.2 cm³/mol. The van der Waals surface area contributed by atoms with Crippen molar-refractivity contribution in [3.8, 4) is 0 Å². The second-order valence-electron chi connectivity index (χ2n) is 7.34. The minimum Gasteiger partial charge on any atom is -0.310 e. The van der Waals surface area contributed by atoms with Crippen molar-refractivity contribution in [2.45, 2.75) is 58.2 Å². The van der Waals surface area contributed by atoms with Crippen molar-refractivity contribution in [3.05, 3.63) is 35.9 Å². The summed E-state index contributed by atoms with van der Waals surface area (Å²) in [7, 11) is 0. The van der Waals surface area contributed by atoms with Gasteiger partial charge in [0.1, 0.15) is 0 Å². The molecule has 21 heavy (non-hydrogen) atoms. The first-order chi connectivity index (χ1) is 10.2. The second kappa shape index (κ2) is 6.93. The summed E-state index contributed by atoms with van der Waals surface area (Å²) >= 11 is 0. The van der Waals surface area contributed by atoms with Crippen molar-refractivity contribution >= 4 is 0 Å². The van der Waals surface area contributed by atoms with Crippen LogP contribution in [-0.2, 0) is 6.54 Å². The van der Waals surface area contributed by atoms with Crippen molar-refractivity contribution in [3.63, 3.8) is 0 Å².